The number of benzene rings is 1. The highest BCUT2D eigenvalue weighted by molar-refractivity contribution is 5.34. The summed E-state index contributed by atoms with van der Waals surface area (Å²) in [4.78, 5) is 0. The Morgan fingerprint density at radius 2 is 1.78 bits per heavy atom. The van der Waals surface area contributed by atoms with Gasteiger partial charge in [0.05, 0.1) is 5.69 Å². The molecule has 0 unspecified atom stereocenters. The van der Waals surface area contributed by atoms with Crippen molar-refractivity contribution in [3.63, 3.8) is 0 Å². The quantitative estimate of drug-likeness (QED) is 0.558. The average Bonchev–Trinajstić information content (AvgIpc) is 1.90. The van der Waals surface area contributed by atoms with E-state index in [2.05, 4.69) is 5.11 Å². The van der Waals surface area contributed by atoms with E-state index in [0.717, 1.165) is 0 Å². The summed E-state index contributed by atoms with van der Waals surface area (Å²) in [6.45, 7) is 0. The SMILES string of the molecule is N=Nc1ccc(F)cc1. The second-order valence-electron chi connectivity index (χ2n) is 1.59. The van der Waals surface area contributed by atoms with Crippen molar-refractivity contribution in [1.82, 2.24) is 0 Å². The Morgan fingerprint density at radius 3 is 2.22 bits per heavy atom. The minimum atomic E-state index is -0.303. The summed E-state index contributed by atoms with van der Waals surface area (Å²) in [5.74, 6) is -0.303. The molecule has 1 aromatic carbocycles. The van der Waals surface area contributed by atoms with E-state index < -0.39 is 0 Å². The fourth-order valence-electron chi connectivity index (χ4n) is 0.516. The van der Waals surface area contributed by atoms with Crippen LogP contribution in [0.4, 0.5) is 10.1 Å². The fraction of sp³-hybridized carbons (Fsp3) is 0. The van der Waals surface area contributed by atoms with Gasteiger partial charge in [0.15, 0.2) is 0 Å². The first-order chi connectivity index (χ1) is 4.33. The van der Waals surface area contributed by atoms with Gasteiger partial charge in [0, 0.05) is 0 Å². The second kappa shape index (κ2) is 2.35. The predicted molar refractivity (Wildman–Crippen MR) is 31.2 cm³/mol. The van der Waals surface area contributed by atoms with Crippen LogP contribution in [0.2, 0.25) is 0 Å². The van der Waals surface area contributed by atoms with Crippen molar-refractivity contribution >= 4 is 5.69 Å². The molecule has 0 radical (unpaired) electrons. The molecule has 0 heterocycles. The Labute approximate surface area is 51.8 Å². The zero-order valence-corrected chi connectivity index (χ0v) is 4.63. The smallest absolute Gasteiger partial charge is 0.123 e. The standard InChI is InChI=1S/C6H5FN2/c7-5-1-3-6(9-8)4-2-5/h1-4,8H. The number of hydrogen-bond acceptors (Lipinski definition) is 2. The van der Waals surface area contributed by atoms with Crippen LogP contribution in [-0.4, -0.2) is 0 Å². The normalized spacial score (nSPS) is 9.00. The Hall–Kier alpha value is -1.25. The van der Waals surface area contributed by atoms with Crippen molar-refractivity contribution in [2.24, 2.45) is 5.11 Å². The molecule has 0 aromatic heterocycles. The van der Waals surface area contributed by atoms with E-state index in [1.54, 1.807) is 0 Å². The zero-order chi connectivity index (χ0) is 6.69. The first kappa shape index (κ1) is 5.88. The Morgan fingerprint density at radius 1 is 1.22 bits per heavy atom. The van der Waals surface area contributed by atoms with Crippen LogP contribution in [-0.2, 0) is 0 Å². The van der Waals surface area contributed by atoms with E-state index in [1.165, 1.54) is 24.3 Å². The molecule has 0 atom stereocenters. The third-order valence-corrected chi connectivity index (χ3v) is 0.956. The highest BCUT2D eigenvalue weighted by Crippen LogP contribution is 2.10. The second-order valence-corrected chi connectivity index (χ2v) is 1.59. The van der Waals surface area contributed by atoms with Gasteiger partial charge in [-0.1, -0.05) is 0 Å². The summed E-state index contributed by atoms with van der Waals surface area (Å²) in [6, 6.07) is 5.44. The number of hydrogen-bond donors (Lipinski definition) is 1. The van der Waals surface area contributed by atoms with Gasteiger partial charge in [0.2, 0.25) is 0 Å². The van der Waals surface area contributed by atoms with Crippen LogP contribution in [0.5, 0.6) is 0 Å². The molecule has 0 saturated carbocycles. The molecule has 1 N–H and O–H groups in total. The van der Waals surface area contributed by atoms with E-state index in [4.69, 9.17) is 5.53 Å². The molecular weight excluding hydrogens is 119 g/mol. The van der Waals surface area contributed by atoms with E-state index in [9.17, 15) is 4.39 Å². The molecule has 0 spiro atoms. The highest BCUT2D eigenvalue weighted by Gasteiger charge is 1.87. The molecule has 46 valence electrons. The predicted octanol–water partition coefficient (Wildman–Crippen LogP) is 2.49. The molecule has 9 heavy (non-hydrogen) atoms. The van der Waals surface area contributed by atoms with Gasteiger partial charge in [-0.2, -0.15) is 5.11 Å². The summed E-state index contributed by atoms with van der Waals surface area (Å²) in [7, 11) is 0. The summed E-state index contributed by atoms with van der Waals surface area (Å²) >= 11 is 0. The van der Waals surface area contributed by atoms with Gasteiger partial charge >= 0.3 is 0 Å². The lowest BCUT2D eigenvalue weighted by atomic mass is 10.3. The largest absolute Gasteiger partial charge is 0.207 e. The molecule has 2 nitrogen and oxygen atoms in total. The van der Waals surface area contributed by atoms with Crippen molar-refractivity contribution in [2.45, 2.75) is 0 Å². The van der Waals surface area contributed by atoms with Crippen LogP contribution in [0.15, 0.2) is 29.4 Å². The molecule has 0 fully saturated rings. The molecule has 0 bridgehead atoms. The summed E-state index contributed by atoms with van der Waals surface area (Å²) in [5.41, 5.74) is 6.99. The number of nitrogens with zero attached hydrogens (tertiary/aromatic N) is 1. The Kier molecular flexibility index (Phi) is 1.53. The number of rotatable bonds is 1. The van der Waals surface area contributed by atoms with Crippen molar-refractivity contribution in [3.8, 4) is 0 Å². The molecule has 0 aliphatic heterocycles. The van der Waals surface area contributed by atoms with Gasteiger partial charge in [0.1, 0.15) is 5.82 Å². The third-order valence-electron chi connectivity index (χ3n) is 0.956. The van der Waals surface area contributed by atoms with E-state index in [0.29, 0.717) is 5.69 Å². The molecule has 0 saturated heterocycles. The molecule has 3 heteroatoms. The van der Waals surface area contributed by atoms with E-state index in [-0.39, 0.29) is 5.82 Å². The molecular formula is C6H5FN2. The van der Waals surface area contributed by atoms with Gasteiger partial charge in [-0.15, -0.1) is 0 Å². The van der Waals surface area contributed by atoms with Gasteiger partial charge in [-0.05, 0) is 24.3 Å². The number of halogens is 1. The van der Waals surface area contributed by atoms with Crippen molar-refractivity contribution in [2.75, 3.05) is 0 Å². The van der Waals surface area contributed by atoms with Crippen LogP contribution < -0.4 is 0 Å². The first-order valence-electron chi connectivity index (χ1n) is 2.46. The maximum absolute atomic E-state index is 12.1. The molecule has 0 aliphatic carbocycles. The van der Waals surface area contributed by atoms with Crippen molar-refractivity contribution in [3.05, 3.63) is 30.1 Å². The summed E-state index contributed by atoms with van der Waals surface area (Å²) in [5, 5.41) is 3.10. The van der Waals surface area contributed by atoms with Crippen LogP contribution in [0, 0.1) is 11.3 Å². The number of nitrogens with one attached hydrogen (secondary N) is 1. The van der Waals surface area contributed by atoms with Crippen LogP contribution >= 0.6 is 0 Å². The first-order valence-corrected chi connectivity index (χ1v) is 2.46. The van der Waals surface area contributed by atoms with Gasteiger partial charge in [0.25, 0.3) is 0 Å². The molecule has 0 amide bonds. The molecule has 1 rings (SSSR count). The topological polar surface area (TPSA) is 36.2 Å². The average molecular weight is 124 g/mol. The monoisotopic (exact) mass is 124 g/mol. The fourth-order valence-corrected chi connectivity index (χ4v) is 0.516. The van der Waals surface area contributed by atoms with Crippen LogP contribution in [0.3, 0.4) is 0 Å². The summed E-state index contributed by atoms with van der Waals surface area (Å²) in [6.07, 6.45) is 0. The minimum Gasteiger partial charge on any atom is -0.207 e. The lowest BCUT2D eigenvalue weighted by Crippen LogP contribution is -1.67. The van der Waals surface area contributed by atoms with Crippen molar-refractivity contribution in [1.29, 1.82) is 5.53 Å². The van der Waals surface area contributed by atoms with Crippen LogP contribution in [0.1, 0.15) is 0 Å². The maximum atomic E-state index is 12.1. The molecule has 1 aromatic rings. The maximum Gasteiger partial charge on any atom is 0.123 e. The Bertz CT molecular complexity index is 205. The lowest BCUT2D eigenvalue weighted by Gasteiger charge is -1.86. The minimum absolute atomic E-state index is 0.303. The van der Waals surface area contributed by atoms with Gasteiger partial charge in [-0.25, -0.2) is 9.92 Å². The van der Waals surface area contributed by atoms with E-state index >= 15 is 0 Å². The molecule has 0 aliphatic rings. The van der Waals surface area contributed by atoms with Crippen LogP contribution in [0.25, 0.3) is 0 Å². The zero-order valence-electron chi connectivity index (χ0n) is 4.63. The third kappa shape index (κ3) is 1.32. The highest BCUT2D eigenvalue weighted by atomic mass is 19.1. The van der Waals surface area contributed by atoms with Gasteiger partial charge in [-0.3, -0.25) is 0 Å². The van der Waals surface area contributed by atoms with E-state index in [1.807, 2.05) is 0 Å². The summed E-state index contributed by atoms with van der Waals surface area (Å²) < 4.78 is 12.1. The van der Waals surface area contributed by atoms with Crippen molar-refractivity contribution < 1.29 is 4.39 Å². The lowest BCUT2D eigenvalue weighted by molar-refractivity contribution is 0.628. The Balaban J connectivity index is 3.01. The van der Waals surface area contributed by atoms with Gasteiger partial charge < -0.3 is 0 Å².